The predicted molar refractivity (Wildman–Crippen MR) is 74.5 cm³/mol. The van der Waals surface area contributed by atoms with Crippen molar-refractivity contribution in [1.29, 1.82) is 0 Å². The number of hydrogen-bond donors (Lipinski definition) is 2. The van der Waals surface area contributed by atoms with E-state index >= 15 is 0 Å². The monoisotopic (exact) mass is 275 g/mol. The molecule has 0 bridgehead atoms. The minimum atomic E-state index is -0.229. The van der Waals surface area contributed by atoms with Crippen molar-refractivity contribution in [3.8, 4) is 5.75 Å². The first kappa shape index (κ1) is 14.0. The maximum absolute atomic E-state index is 11.8. The molecule has 1 aliphatic rings. The molecule has 0 spiro atoms. The zero-order valence-electron chi connectivity index (χ0n) is 11.3. The summed E-state index contributed by atoms with van der Waals surface area (Å²) in [6.45, 7) is 0.513. The zero-order valence-corrected chi connectivity index (χ0v) is 11.3. The summed E-state index contributed by atoms with van der Waals surface area (Å²) >= 11 is 0. The van der Waals surface area contributed by atoms with Gasteiger partial charge in [0, 0.05) is 19.4 Å². The van der Waals surface area contributed by atoms with Crippen molar-refractivity contribution in [3.63, 3.8) is 0 Å². The third-order valence-corrected chi connectivity index (χ3v) is 3.00. The molecule has 0 saturated heterocycles. The Labute approximate surface area is 117 Å². The van der Waals surface area contributed by atoms with E-state index in [4.69, 9.17) is 4.74 Å². The van der Waals surface area contributed by atoms with Crippen molar-refractivity contribution in [2.45, 2.75) is 19.3 Å². The molecule has 0 aliphatic carbocycles. The molecule has 2 N–H and O–H groups in total. The quantitative estimate of drug-likeness (QED) is 0.826. The lowest BCUT2D eigenvalue weighted by Crippen LogP contribution is -2.37. The molecule has 6 heteroatoms. The van der Waals surface area contributed by atoms with E-state index in [1.54, 1.807) is 7.11 Å². The van der Waals surface area contributed by atoms with E-state index in [9.17, 15) is 9.59 Å². The second-order valence-electron chi connectivity index (χ2n) is 4.45. The number of nitrogens with zero attached hydrogens (tertiary/aromatic N) is 1. The summed E-state index contributed by atoms with van der Waals surface area (Å²) < 4.78 is 5.14. The fourth-order valence-electron chi connectivity index (χ4n) is 1.89. The second kappa shape index (κ2) is 6.70. The Morgan fingerprint density at radius 3 is 3.00 bits per heavy atom. The standard InChI is InChI=1S/C14H17N3O3/c1-20-11-4-2-3-10(9-11)7-8-15-14(19)12-5-6-13(18)17-16-12/h2-4,9H,5-8H2,1H3,(H,15,19)(H,17,18). The lowest BCUT2D eigenvalue weighted by molar-refractivity contribution is -0.121. The van der Waals surface area contributed by atoms with Crippen LogP contribution in [-0.2, 0) is 16.0 Å². The molecule has 0 saturated carbocycles. The molecule has 0 unspecified atom stereocenters. The Morgan fingerprint density at radius 2 is 2.30 bits per heavy atom. The van der Waals surface area contributed by atoms with Crippen LogP contribution in [0, 0.1) is 0 Å². The average molecular weight is 275 g/mol. The Morgan fingerprint density at radius 1 is 1.45 bits per heavy atom. The van der Waals surface area contributed by atoms with E-state index in [0.717, 1.165) is 11.3 Å². The van der Waals surface area contributed by atoms with E-state index in [0.29, 0.717) is 31.5 Å². The summed E-state index contributed by atoms with van der Waals surface area (Å²) in [4.78, 5) is 22.7. The van der Waals surface area contributed by atoms with Crippen LogP contribution in [-0.4, -0.2) is 31.2 Å². The number of carbonyl (C=O) groups is 2. The van der Waals surface area contributed by atoms with Crippen LogP contribution in [0.25, 0.3) is 0 Å². The van der Waals surface area contributed by atoms with Crippen LogP contribution in [0.2, 0.25) is 0 Å². The highest BCUT2D eigenvalue weighted by Gasteiger charge is 2.17. The van der Waals surface area contributed by atoms with Gasteiger partial charge in [0.1, 0.15) is 11.5 Å². The van der Waals surface area contributed by atoms with Gasteiger partial charge >= 0.3 is 0 Å². The van der Waals surface area contributed by atoms with Crippen molar-refractivity contribution in [2.75, 3.05) is 13.7 Å². The van der Waals surface area contributed by atoms with Crippen LogP contribution >= 0.6 is 0 Å². The highest BCUT2D eigenvalue weighted by atomic mass is 16.5. The minimum Gasteiger partial charge on any atom is -0.497 e. The largest absolute Gasteiger partial charge is 0.497 e. The van der Waals surface area contributed by atoms with Crippen LogP contribution < -0.4 is 15.5 Å². The highest BCUT2D eigenvalue weighted by Crippen LogP contribution is 2.12. The van der Waals surface area contributed by atoms with Gasteiger partial charge in [0.05, 0.1) is 7.11 Å². The van der Waals surface area contributed by atoms with Gasteiger partial charge in [0.2, 0.25) is 5.91 Å². The van der Waals surface area contributed by atoms with Crippen LogP contribution in [0.3, 0.4) is 0 Å². The van der Waals surface area contributed by atoms with Crippen LogP contribution in [0.4, 0.5) is 0 Å². The van der Waals surface area contributed by atoms with Crippen LogP contribution in [0.5, 0.6) is 5.75 Å². The first-order valence-electron chi connectivity index (χ1n) is 6.45. The first-order chi connectivity index (χ1) is 9.69. The Hall–Kier alpha value is -2.37. The Balaban J connectivity index is 1.80. The molecule has 0 atom stereocenters. The predicted octanol–water partition coefficient (Wildman–Crippen LogP) is 0.620. The van der Waals surface area contributed by atoms with E-state index in [2.05, 4.69) is 15.8 Å². The lowest BCUT2D eigenvalue weighted by atomic mass is 10.1. The third-order valence-electron chi connectivity index (χ3n) is 3.00. The van der Waals surface area contributed by atoms with E-state index in [1.807, 2.05) is 24.3 Å². The van der Waals surface area contributed by atoms with E-state index in [1.165, 1.54) is 0 Å². The molecule has 0 radical (unpaired) electrons. The molecule has 1 aromatic carbocycles. The molecule has 0 aromatic heterocycles. The van der Waals surface area contributed by atoms with Gasteiger partial charge in [0.15, 0.2) is 0 Å². The molecular formula is C14H17N3O3. The number of rotatable bonds is 5. The summed E-state index contributed by atoms with van der Waals surface area (Å²) in [6.07, 6.45) is 1.40. The normalized spacial score (nSPS) is 14.2. The third kappa shape index (κ3) is 3.81. The van der Waals surface area contributed by atoms with Gasteiger partial charge in [-0.25, -0.2) is 5.43 Å². The summed E-state index contributed by atoms with van der Waals surface area (Å²) in [5.74, 6) is 0.416. The fraction of sp³-hybridized carbons (Fsp3) is 0.357. The van der Waals surface area contributed by atoms with Gasteiger partial charge in [-0.1, -0.05) is 12.1 Å². The Kier molecular flexibility index (Phi) is 4.70. The molecule has 1 heterocycles. The Bertz CT molecular complexity index is 540. The number of hydrogen-bond acceptors (Lipinski definition) is 4. The number of benzene rings is 1. The molecule has 20 heavy (non-hydrogen) atoms. The number of methoxy groups -OCH3 is 1. The molecule has 1 aromatic rings. The summed E-state index contributed by atoms with van der Waals surface area (Å²) in [5.41, 5.74) is 3.77. The van der Waals surface area contributed by atoms with Gasteiger partial charge < -0.3 is 10.1 Å². The second-order valence-corrected chi connectivity index (χ2v) is 4.45. The van der Waals surface area contributed by atoms with Crippen LogP contribution in [0.15, 0.2) is 29.4 Å². The summed E-state index contributed by atoms with van der Waals surface area (Å²) in [7, 11) is 1.62. The topological polar surface area (TPSA) is 79.8 Å². The van der Waals surface area contributed by atoms with Gasteiger partial charge in [-0.2, -0.15) is 5.10 Å². The lowest BCUT2D eigenvalue weighted by Gasteiger charge is -2.12. The van der Waals surface area contributed by atoms with Crippen LogP contribution in [0.1, 0.15) is 18.4 Å². The molecular weight excluding hydrogens is 258 g/mol. The maximum Gasteiger partial charge on any atom is 0.267 e. The van der Waals surface area contributed by atoms with Gasteiger partial charge in [-0.3, -0.25) is 9.59 Å². The van der Waals surface area contributed by atoms with Crippen molar-refractivity contribution >= 4 is 17.5 Å². The van der Waals surface area contributed by atoms with Gasteiger partial charge in [0.25, 0.3) is 5.91 Å². The molecule has 106 valence electrons. The average Bonchev–Trinajstić information content (AvgIpc) is 2.48. The maximum atomic E-state index is 11.8. The smallest absolute Gasteiger partial charge is 0.267 e. The van der Waals surface area contributed by atoms with Crippen molar-refractivity contribution in [1.82, 2.24) is 10.7 Å². The van der Waals surface area contributed by atoms with Gasteiger partial charge in [-0.15, -0.1) is 0 Å². The number of amides is 2. The zero-order chi connectivity index (χ0) is 14.4. The number of carbonyl (C=O) groups excluding carboxylic acids is 2. The molecule has 2 rings (SSSR count). The van der Waals surface area contributed by atoms with Crippen molar-refractivity contribution < 1.29 is 14.3 Å². The van der Waals surface area contributed by atoms with Gasteiger partial charge in [-0.05, 0) is 24.1 Å². The molecule has 2 amide bonds. The highest BCUT2D eigenvalue weighted by molar-refractivity contribution is 6.39. The van der Waals surface area contributed by atoms with Crippen molar-refractivity contribution in [2.24, 2.45) is 5.10 Å². The number of nitrogens with one attached hydrogen (secondary N) is 2. The van der Waals surface area contributed by atoms with E-state index < -0.39 is 0 Å². The minimum absolute atomic E-state index is 0.155. The fourth-order valence-corrected chi connectivity index (χ4v) is 1.89. The molecule has 6 nitrogen and oxygen atoms in total. The summed E-state index contributed by atoms with van der Waals surface area (Å²) in [5, 5.41) is 6.54. The number of ether oxygens (including phenoxy) is 1. The molecule has 0 fully saturated rings. The SMILES string of the molecule is COc1cccc(CCNC(=O)C2=NNC(=O)CC2)c1. The molecule has 1 aliphatic heterocycles. The van der Waals surface area contributed by atoms with Crippen molar-refractivity contribution in [3.05, 3.63) is 29.8 Å². The first-order valence-corrected chi connectivity index (χ1v) is 6.45. The number of hydrazone groups is 1. The van der Waals surface area contributed by atoms with E-state index in [-0.39, 0.29) is 11.8 Å². The summed E-state index contributed by atoms with van der Waals surface area (Å²) in [6, 6.07) is 7.70.